The number of aliphatic imine (C=N–C) groups is 1. The molecule has 1 N–H and O–H groups in total. The Morgan fingerprint density at radius 2 is 1.93 bits per heavy atom. The summed E-state index contributed by atoms with van der Waals surface area (Å²) in [6.07, 6.45) is 5.51. The lowest BCUT2D eigenvalue weighted by atomic mass is 9.78. The Balaban J connectivity index is 1.64. The van der Waals surface area contributed by atoms with Crippen LogP contribution in [0, 0.1) is 18.8 Å². The summed E-state index contributed by atoms with van der Waals surface area (Å²) < 4.78 is 0. The third-order valence-corrected chi connectivity index (χ3v) is 7.79. The Hall–Kier alpha value is -2.07. The molecule has 158 valence electrons. The van der Waals surface area contributed by atoms with Gasteiger partial charge in [0.2, 0.25) is 0 Å². The number of amides is 1. The molecule has 2 aliphatic rings. The van der Waals surface area contributed by atoms with Crippen molar-refractivity contribution in [2.24, 2.45) is 16.8 Å². The van der Waals surface area contributed by atoms with Crippen molar-refractivity contribution in [3.63, 3.8) is 0 Å². The maximum atomic E-state index is 13.0. The Labute approximate surface area is 184 Å². The molecule has 3 atom stereocenters. The van der Waals surface area contributed by atoms with Gasteiger partial charge in [0, 0.05) is 32.7 Å². The van der Waals surface area contributed by atoms with Crippen molar-refractivity contribution in [2.45, 2.75) is 75.6 Å². The van der Waals surface area contributed by atoms with Gasteiger partial charge in [-0.05, 0) is 61.9 Å². The first-order chi connectivity index (χ1) is 14.5. The van der Waals surface area contributed by atoms with Gasteiger partial charge < -0.3 is 5.32 Å². The Kier molecular flexibility index (Phi) is 6.33. The number of nitrogens with zero attached hydrogens (tertiary/aromatic N) is 1. The summed E-state index contributed by atoms with van der Waals surface area (Å²) in [6, 6.07) is 12.8. The summed E-state index contributed by atoms with van der Waals surface area (Å²) in [6.45, 7) is 8.88. The van der Waals surface area contributed by atoms with Gasteiger partial charge in [0.1, 0.15) is 0 Å². The summed E-state index contributed by atoms with van der Waals surface area (Å²) >= 11 is 1.75. The van der Waals surface area contributed by atoms with E-state index in [0.29, 0.717) is 17.4 Å². The maximum Gasteiger partial charge on any atom is 0.251 e. The van der Waals surface area contributed by atoms with Crippen LogP contribution in [-0.2, 0) is 0 Å². The van der Waals surface area contributed by atoms with E-state index in [2.05, 4.69) is 57.3 Å². The third-order valence-electron chi connectivity index (χ3n) is 6.65. The minimum Gasteiger partial charge on any atom is -0.349 e. The van der Waals surface area contributed by atoms with Crippen LogP contribution in [0.2, 0.25) is 0 Å². The Morgan fingerprint density at radius 3 is 2.73 bits per heavy atom. The number of aryl methyl sites for hydroxylation is 1. The minimum atomic E-state index is 0.0265. The molecular weight excluding hydrogens is 388 g/mol. The molecule has 0 unspecified atom stereocenters. The molecule has 0 aromatic heterocycles. The average Bonchev–Trinajstić information content (AvgIpc) is 2.87. The predicted octanol–water partition coefficient (Wildman–Crippen LogP) is 6.94. The smallest absolute Gasteiger partial charge is 0.251 e. The molecule has 1 heterocycles. The van der Waals surface area contributed by atoms with Gasteiger partial charge in [-0.15, -0.1) is 0 Å². The first-order valence-electron chi connectivity index (χ1n) is 11.3. The summed E-state index contributed by atoms with van der Waals surface area (Å²) in [4.78, 5) is 20.4. The normalized spacial score (nSPS) is 23.1. The predicted molar refractivity (Wildman–Crippen MR) is 126 cm³/mol. The van der Waals surface area contributed by atoms with Crippen molar-refractivity contribution in [1.82, 2.24) is 5.32 Å². The van der Waals surface area contributed by atoms with E-state index < -0.39 is 0 Å². The molecular formula is C26H32N2OS. The molecule has 1 fully saturated rings. The van der Waals surface area contributed by atoms with Gasteiger partial charge in [0.15, 0.2) is 0 Å². The number of rotatable bonds is 4. The van der Waals surface area contributed by atoms with Crippen LogP contribution in [-0.4, -0.2) is 17.7 Å². The molecule has 1 amide bonds. The summed E-state index contributed by atoms with van der Waals surface area (Å²) in [5, 5.41) is 3.30. The second-order valence-corrected chi connectivity index (χ2v) is 10.0. The van der Waals surface area contributed by atoms with Crippen molar-refractivity contribution in [3.8, 4) is 0 Å². The van der Waals surface area contributed by atoms with Crippen molar-refractivity contribution in [2.75, 3.05) is 0 Å². The van der Waals surface area contributed by atoms with E-state index in [-0.39, 0.29) is 11.9 Å². The van der Waals surface area contributed by atoms with E-state index in [1.165, 1.54) is 28.9 Å². The van der Waals surface area contributed by atoms with Crippen LogP contribution < -0.4 is 5.32 Å². The van der Waals surface area contributed by atoms with E-state index in [1.54, 1.807) is 11.8 Å². The lowest BCUT2D eigenvalue weighted by molar-refractivity contribution is 0.0891. The highest BCUT2D eigenvalue weighted by Crippen LogP contribution is 2.41. The second-order valence-electron chi connectivity index (χ2n) is 8.94. The summed E-state index contributed by atoms with van der Waals surface area (Å²) in [7, 11) is 0. The lowest BCUT2D eigenvalue weighted by Crippen LogP contribution is -2.43. The molecule has 1 aliphatic carbocycles. The largest absolute Gasteiger partial charge is 0.349 e. The standard InChI is InChI=1S/C26H32N2OS/c1-5-7-22-20-14-16(2)10-12-24(20)30-25-13-11-19(15-23(25)27-22)26(29)28-21-9-6-8-17(3)18(21)4/h10-15,17-18,21H,5-9H2,1-4H3,(H,28,29)/t17-,18-,21+/m0/s1. The van der Waals surface area contributed by atoms with Gasteiger partial charge in [-0.3, -0.25) is 9.79 Å². The van der Waals surface area contributed by atoms with Gasteiger partial charge >= 0.3 is 0 Å². The third kappa shape index (κ3) is 4.34. The fourth-order valence-electron chi connectivity index (χ4n) is 4.58. The molecule has 3 nitrogen and oxygen atoms in total. The second kappa shape index (κ2) is 8.97. The molecule has 0 radical (unpaired) electrons. The zero-order valence-corrected chi connectivity index (χ0v) is 19.3. The van der Waals surface area contributed by atoms with Gasteiger partial charge in [-0.2, -0.15) is 0 Å². The van der Waals surface area contributed by atoms with Gasteiger partial charge in [-0.1, -0.05) is 63.4 Å². The highest BCUT2D eigenvalue weighted by Gasteiger charge is 2.28. The maximum absolute atomic E-state index is 13.0. The van der Waals surface area contributed by atoms with Gasteiger partial charge in [0.05, 0.1) is 5.69 Å². The van der Waals surface area contributed by atoms with Crippen LogP contribution >= 0.6 is 11.8 Å². The Bertz CT molecular complexity index is 981. The minimum absolute atomic E-state index is 0.0265. The van der Waals surface area contributed by atoms with Crippen LogP contribution in [0.5, 0.6) is 0 Å². The van der Waals surface area contributed by atoms with Crippen molar-refractivity contribution < 1.29 is 4.79 Å². The lowest BCUT2D eigenvalue weighted by Gasteiger charge is -2.34. The number of fused-ring (bicyclic) bond motifs is 2. The fraction of sp³-hybridized carbons (Fsp3) is 0.462. The highest BCUT2D eigenvalue weighted by atomic mass is 32.2. The molecule has 0 saturated heterocycles. The molecule has 1 aliphatic heterocycles. The molecule has 4 heteroatoms. The topological polar surface area (TPSA) is 41.5 Å². The van der Waals surface area contributed by atoms with E-state index in [0.717, 1.165) is 35.6 Å². The molecule has 1 saturated carbocycles. The van der Waals surface area contributed by atoms with Crippen LogP contribution in [0.1, 0.15) is 74.4 Å². The average molecular weight is 421 g/mol. The number of hydrogen-bond donors (Lipinski definition) is 1. The number of benzene rings is 2. The SMILES string of the molecule is CCCC1=Nc2cc(C(=O)N[C@@H]3CCC[C@H](C)[C@@H]3C)ccc2Sc2ccc(C)cc21. The molecule has 4 rings (SSSR count). The number of carbonyl (C=O) groups excluding carboxylic acids is 1. The monoisotopic (exact) mass is 420 g/mol. The van der Waals surface area contributed by atoms with Crippen molar-refractivity contribution >= 4 is 29.1 Å². The van der Waals surface area contributed by atoms with Gasteiger partial charge in [0.25, 0.3) is 5.91 Å². The first-order valence-corrected chi connectivity index (χ1v) is 12.1. The highest BCUT2D eigenvalue weighted by molar-refractivity contribution is 7.99. The molecule has 2 aromatic carbocycles. The fourth-order valence-corrected chi connectivity index (χ4v) is 5.58. The molecule has 0 bridgehead atoms. The van der Waals surface area contributed by atoms with Crippen molar-refractivity contribution in [1.29, 1.82) is 0 Å². The molecule has 0 spiro atoms. The van der Waals surface area contributed by atoms with E-state index >= 15 is 0 Å². The van der Waals surface area contributed by atoms with Crippen LogP contribution in [0.25, 0.3) is 0 Å². The van der Waals surface area contributed by atoms with Gasteiger partial charge in [-0.25, -0.2) is 0 Å². The quantitative estimate of drug-likeness (QED) is 0.582. The molecule has 30 heavy (non-hydrogen) atoms. The summed E-state index contributed by atoms with van der Waals surface area (Å²) in [5.74, 6) is 1.21. The van der Waals surface area contributed by atoms with Crippen LogP contribution in [0.4, 0.5) is 5.69 Å². The summed E-state index contributed by atoms with van der Waals surface area (Å²) in [5.41, 5.74) is 5.22. The zero-order valence-electron chi connectivity index (χ0n) is 18.5. The van der Waals surface area contributed by atoms with E-state index in [4.69, 9.17) is 4.99 Å². The number of carbonyl (C=O) groups is 1. The molecule has 2 aromatic rings. The van der Waals surface area contributed by atoms with E-state index in [9.17, 15) is 4.79 Å². The van der Waals surface area contributed by atoms with Crippen molar-refractivity contribution in [3.05, 3.63) is 53.1 Å². The first kappa shape index (κ1) is 21.2. The number of nitrogens with one attached hydrogen (secondary N) is 1. The zero-order chi connectivity index (χ0) is 21.3. The van der Waals surface area contributed by atoms with Crippen LogP contribution in [0.15, 0.2) is 51.2 Å². The Morgan fingerprint density at radius 1 is 1.13 bits per heavy atom. The number of hydrogen-bond acceptors (Lipinski definition) is 3. The van der Waals surface area contributed by atoms with Crippen LogP contribution in [0.3, 0.4) is 0 Å². The van der Waals surface area contributed by atoms with E-state index in [1.807, 2.05) is 12.1 Å².